The molecule has 0 saturated carbocycles. The monoisotopic (exact) mass is 459 g/mol. The van der Waals surface area contributed by atoms with Crippen molar-refractivity contribution in [3.05, 3.63) is 102 Å². The van der Waals surface area contributed by atoms with E-state index in [0.717, 1.165) is 0 Å². The van der Waals surface area contributed by atoms with Crippen molar-refractivity contribution >= 4 is 17.4 Å². The van der Waals surface area contributed by atoms with Crippen LogP contribution in [0.1, 0.15) is 29.9 Å². The van der Waals surface area contributed by atoms with Gasteiger partial charge in [-0.15, -0.1) is 0 Å². The van der Waals surface area contributed by atoms with Gasteiger partial charge in [0, 0.05) is 5.56 Å². The molecule has 3 aromatic rings. The topological polar surface area (TPSA) is 89.2 Å². The maximum atomic E-state index is 13.2. The Morgan fingerprint density at radius 2 is 1.88 bits per heavy atom. The molecule has 34 heavy (non-hydrogen) atoms. The third-order valence-electron chi connectivity index (χ3n) is 5.43. The van der Waals surface area contributed by atoms with Crippen molar-refractivity contribution in [3.8, 4) is 11.5 Å². The molecule has 0 radical (unpaired) electrons. The van der Waals surface area contributed by atoms with Gasteiger partial charge in [0.25, 0.3) is 11.7 Å². The number of hydrogen-bond acceptors (Lipinski definition) is 6. The smallest absolute Gasteiger partial charge is 0.296 e. The van der Waals surface area contributed by atoms with Crippen molar-refractivity contribution in [2.24, 2.45) is 0 Å². The van der Waals surface area contributed by atoms with E-state index in [2.05, 4.69) is 6.58 Å². The Bertz CT molecular complexity index is 1210. The third kappa shape index (κ3) is 4.59. The van der Waals surface area contributed by atoms with Crippen LogP contribution >= 0.6 is 0 Å². The summed E-state index contributed by atoms with van der Waals surface area (Å²) in [5.74, 6) is -0.0209. The van der Waals surface area contributed by atoms with Gasteiger partial charge in [0.15, 0.2) is 0 Å². The summed E-state index contributed by atoms with van der Waals surface area (Å²) in [5, 5.41) is 11.2. The number of Topliss-reactive ketones (excluding diaryl/α,β-unsaturated/α-hetero) is 1. The van der Waals surface area contributed by atoms with Gasteiger partial charge in [0.05, 0.1) is 31.0 Å². The molecular formula is C27H25NO6. The summed E-state index contributed by atoms with van der Waals surface area (Å²) in [6, 6.07) is 16.4. The number of rotatable bonds is 9. The Morgan fingerprint density at radius 3 is 2.56 bits per heavy atom. The first-order valence-corrected chi connectivity index (χ1v) is 10.9. The molecule has 1 saturated heterocycles. The lowest BCUT2D eigenvalue weighted by Crippen LogP contribution is -2.29. The Kier molecular flexibility index (Phi) is 6.82. The summed E-state index contributed by atoms with van der Waals surface area (Å²) < 4.78 is 16.5. The minimum Gasteiger partial charge on any atom is -0.507 e. The number of aliphatic hydroxyl groups excluding tert-OH is 1. The highest BCUT2D eigenvalue weighted by molar-refractivity contribution is 6.46. The third-order valence-corrected chi connectivity index (χ3v) is 5.43. The molecule has 1 aliphatic rings. The molecule has 4 rings (SSSR count). The first-order chi connectivity index (χ1) is 16.5. The van der Waals surface area contributed by atoms with Crippen LogP contribution in [0.15, 0.2) is 89.6 Å². The quantitative estimate of drug-likeness (QED) is 0.213. The zero-order chi connectivity index (χ0) is 24.1. The lowest BCUT2D eigenvalue weighted by Gasteiger charge is -2.25. The van der Waals surface area contributed by atoms with E-state index < -0.39 is 17.7 Å². The summed E-state index contributed by atoms with van der Waals surface area (Å²) in [4.78, 5) is 27.6. The average molecular weight is 459 g/mol. The van der Waals surface area contributed by atoms with Crippen LogP contribution in [-0.4, -0.2) is 34.9 Å². The first-order valence-electron chi connectivity index (χ1n) is 10.9. The predicted molar refractivity (Wildman–Crippen MR) is 126 cm³/mol. The summed E-state index contributed by atoms with van der Waals surface area (Å²) in [6.07, 6.45) is 3.13. The largest absolute Gasteiger partial charge is 0.507 e. The van der Waals surface area contributed by atoms with Crippen molar-refractivity contribution in [2.45, 2.75) is 19.5 Å². The number of amides is 1. The van der Waals surface area contributed by atoms with E-state index in [1.165, 1.54) is 11.2 Å². The van der Waals surface area contributed by atoms with Gasteiger partial charge < -0.3 is 23.9 Å². The molecule has 2 heterocycles. The van der Waals surface area contributed by atoms with Crippen LogP contribution in [0.5, 0.6) is 11.5 Å². The molecule has 1 amide bonds. The second-order valence-corrected chi connectivity index (χ2v) is 7.64. The Hall–Kier alpha value is -4.26. The minimum atomic E-state index is -0.830. The number of furan rings is 1. The van der Waals surface area contributed by atoms with Crippen LogP contribution < -0.4 is 9.47 Å². The highest BCUT2D eigenvalue weighted by atomic mass is 16.5. The van der Waals surface area contributed by atoms with Gasteiger partial charge in [0.1, 0.15) is 29.6 Å². The summed E-state index contributed by atoms with van der Waals surface area (Å²) in [6.45, 7) is 6.41. The normalized spacial score (nSPS) is 17.1. The number of carbonyl (C=O) groups excluding carboxylic acids is 2. The minimum absolute atomic E-state index is 0.00147. The van der Waals surface area contributed by atoms with Crippen LogP contribution in [0.25, 0.3) is 5.76 Å². The second kappa shape index (κ2) is 10.1. The number of aliphatic hydroxyl groups is 1. The van der Waals surface area contributed by atoms with Crippen molar-refractivity contribution in [3.63, 3.8) is 0 Å². The second-order valence-electron chi connectivity index (χ2n) is 7.64. The molecule has 0 bridgehead atoms. The lowest BCUT2D eigenvalue weighted by molar-refractivity contribution is -0.140. The Balaban J connectivity index is 1.81. The molecule has 0 spiro atoms. The maximum absolute atomic E-state index is 13.2. The molecule has 1 fully saturated rings. The number of ketones is 1. The molecular weight excluding hydrogens is 434 g/mol. The van der Waals surface area contributed by atoms with Gasteiger partial charge in [-0.1, -0.05) is 24.8 Å². The van der Waals surface area contributed by atoms with E-state index in [4.69, 9.17) is 13.9 Å². The molecule has 174 valence electrons. The SMILES string of the molecule is C=CCOc1cccc(C2/C(=C(\O)c3ccc(OCC)cc3)C(=O)C(=O)N2Cc2ccco2)c1. The van der Waals surface area contributed by atoms with Gasteiger partial charge >= 0.3 is 0 Å². The Morgan fingerprint density at radius 1 is 1.09 bits per heavy atom. The average Bonchev–Trinajstić information content (AvgIpc) is 3.45. The van der Waals surface area contributed by atoms with Crippen molar-refractivity contribution in [2.75, 3.05) is 13.2 Å². The fraction of sp³-hybridized carbons (Fsp3) is 0.185. The maximum Gasteiger partial charge on any atom is 0.296 e. The number of likely N-dealkylation sites (tertiary alicyclic amines) is 1. The van der Waals surface area contributed by atoms with E-state index in [0.29, 0.717) is 41.6 Å². The molecule has 1 aliphatic heterocycles. The molecule has 7 nitrogen and oxygen atoms in total. The first kappa shape index (κ1) is 22.9. The van der Waals surface area contributed by atoms with Crippen molar-refractivity contribution in [1.29, 1.82) is 0 Å². The molecule has 1 atom stereocenters. The molecule has 0 aliphatic carbocycles. The number of benzene rings is 2. The van der Waals surface area contributed by atoms with E-state index in [1.807, 2.05) is 6.92 Å². The molecule has 2 aromatic carbocycles. The number of hydrogen-bond donors (Lipinski definition) is 1. The highest BCUT2D eigenvalue weighted by Gasteiger charge is 2.46. The number of nitrogens with zero attached hydrogens (tertiary/aromatic N) is 1. The van der Waals surface area contributed by atoms with Crippen molar-refractivity contribution < 1.29 is 28.6 Å². The van der Waals surface area contributed by atoms with Crippen LogP contribution in [0.4, 0.5) is 0 Å². The van der Waals surface area contributed by atoms with Crippen LogP contribution in [0, 0.1) is 0 Å². The van der Waals surface area contributed by atoms with Gasteiger partial charge in [0.2, 0.25) is 0 Å². The van der Waals surface area contributed by atoms with E-state index >= 15 is 0 Å². The van der Waals surface area contributed by atoms with Crippen molar-refractivity contribution in [1.82, 2.24) is 4.90 Å². The van der Waals surface area contributed by atoms with Crippen LogP contribution in [0.3, 0.4) is 0 Å². The molecule has 1 N–H and O–H groups in total. The lowest BCUT2D eigenvalue weighted by atomic mass is 9.95. The van der Waals surface area contributed by atoms with Crippen LogP contribution in [-0.2, 0) is 16.1 Å². The molecule has 1 aromatic heterocycles. The van der Waals surface area contributed by atoms with Gasteiger partial charge in [-0.2, -0.15) is 0 Å². The molecule has 7 heteroatoms. The van der Waals surface area contributed by atoms with Gasteiger partial charge in [-0.05, 0) is 61.0 Å². The van der Waals surface area contributed by atoms with Gasteiger partial charge in [-0.25, -0.2) is 0 Å². The number of carbonyl (C=O) groups is 2. The zero-order valence-corrected chi connectivity index (χ0v) is 18.8. The summed E-state index contributed by atoms with van der Waals surface area (Å²) >= 11 is 0. The Labute approximate surface area is 197 Å². The van der Waals surface area contributed by atoms with E-state index in [9.17, 15) is 14.7 Å². The summed E-state index contributed by atoms with van der Waals surface area (Å²) in [5.41, 5.74) is 1.03. The standard InChI is InChI=1S/C27H25NO6/c1-3-14-33-21-8-5-7-19(16-21)24-23(25(29)18-10-12-20(13-11-18)32-4-2)26(30)27(31)28(24)17-22-9-6-15-34-22/h3,5-13,15-16,24,29H,1,4,14,17H2,2H3/b25-23+. The molecule has 1 unspecified atom stereocenters. The van der Waals surface area contributed by atoms with Crippen LogP contribution in [0.2, 0.25) is 0 Å². The predicted octanol–water partition coefficient (Wildman–Crippen LogP) is 4.87. The highest BCUT2D eigenvalue weighted by Crippen LogP contribution is 2.41. The van der Waals surface area contributed by atoms with Gasteiger partial charge in [-0.3, -0.25) is 9.59 Å². The zero-order valence-electron chi connectivity index (χ0n) is 18.8. The van der Waals surface area contributed by atoms with E-state index in [-0.39, 0.29) is 17.9 Å². The fourth-order valence-electron chi connectivity index (χ4n) is 3.92. The number of ether oxygens (including phenoxy) is 2. The fourth-order valence-corrected chi connectivity index (χ4v) is 3.92. The van der Waals surface area contributed by atoms with E-state index in [1.54, 1.807) is 66.7 Å². The summed E-state index contributed by atoms with van der Waals surface area (Å²) in [7, 11) is 0.